The molecule has 2 saturated carbocycles. The number of carbonyl (C=O) groups is 1. The lowest BCUT2D eigenvalue weighted by Gasteiger charge is -2.31. The number of nitrogens with two attached hydrogens (primary N) is 1. The summed E-state index contributed by atoms with van der Waals surface area (Å²) in [7, 11) is 0. The van der Waals surface area contributed by atoms with Crippen molar-refractivity contribution in [2.45, 2.75) is 94.8 Å². The number of nitrogens with one attached hydrogen (secondary N) is 3. The molecule has 1 saturated heterocycles. The number of amides is 1. The van der Waals surface area contributed by atoms with Crippen molar-refractivity contribution in [3.8, 4) is 0 Å². The summed E-state index contributed by atoms with van der Waals surface area (Å²) in [6.45, 7) is 1.85. The van der Waals surface area contributed by atoms with Gasteiger partial charge in [-0.15, -0.1) is 5.06 Å². The molecule has 3 aromatic rings. The van der Waals surface area contributed by atoms with Crippen LogP contribution in [0.15, 0.2) is 36.7 Å². The molecule has 2 aliphatic carbocycles. The standard InChI is InChI=1S/C30H43N9O2/c31-22-10-12-23(13-11-22)35-29-36-27(26-28(37-29)39(20-33-26)25-8-4-5-9-25)34-24-15-18-38(19-16-24)41-30(40)32-17-14-21-6-2-1-3-7-21/h1-3,6-7,20,22-25H,4-5,8-19,31H2,(H,32,40)(H2,34,35,36,37)/t22-,23-. The van der Waals surface area contributed by atoms with E-state index in [0.29, 0.717) is 43.7 Å². The number of imidazole rings is 1. The van der Waals surface area contributed by atoms with Crippen LogP contribution >= 0.6 is 0 Å². The number of rotatable bonds is 9. The molecule has 1 aliphatic heterocycles. The third kappa shape index (κ3) is 7.08. The zero-order valence-electron chi connectivity index (χ0n) is 23.8. The van der Waals surface area contributed by atoms with Crippen LogP contribution in [0.2, 0.25) is 0 Å². The molecule has 3 fully saturated rings. The number of hydrogen-bond donors (Lipinski definition) is 4. The quantitative estimate of drug-likeness (QED) is 0.300. The first-order valence-corrected chi connectivity index (χ1v) is 15.4. The summed E-state index contributed by atoms with van der Waals surface area (Å²) in [5, 5.41) is 11.9. The van der Waals surface area contributed by atoms with Gasteiger partial charge in [0.05, 0.1) is 6.33 Å². The van der Waals surface area contributed by atoms with E-state index in [0.717, 1.165) is 61.9 Å². The highest BCUT2D eigenvalue weighted by molar-refractivity contribution is 5.84. The first-order chi connectivity index (χ1) is 20.1. The Balaban J connectivity index is 1.07. The lowest BCUT2D eigenvalue weighted by molar-refractivity contribution is -0.112. The molecule has 3 heterocycles. The summed E-state index contributed by atoms with van der Waals surface area (Å²) in [4.78, 5) is 32.6. The van der Waals surface area contributed by atoms with Crippen molar-refractivity contribution in [3.05, 3.63) is 42.2 Å². The molecule has 11 nitrogen and oxygen atoms in total. The maximum absolute atomic E-state index is 12.3. The van der Waals surface area contributed by atoms with Crippen LogP contribution in [-0.2, 0) is 11.3 Å². The zero-order valence-corrected chi connectivity index (χ0v) is 23.8. The van der Waals surface area contributed by atoms with Crippen molar-refractivity contribution in [2.75, 3.05) is 30.3 Å². The average Bonchev–Trinajstić information content (AvgIpc) is 3.66. The van der Waals surface area contributed by atoms with Gasteiger partial charge in [0.2, 0.25) is 5.95 Å². The summed E-state index contributed by atoms with van der Waals surface area (Å²) < 4.78 is 2.25. The van der Waals surface area contributed by atoms with E-state index in [1.54, 1.807) is 5.06 Å². The van der Waals surface area contributed by atoms with E-state index in [2.05, 4.69) is 32.7 Å². The molecule has 2 aromatic heterocycles. The molecule has 3 aliphatic rings. The first kappa shape index (κ1) is 27.7. The number of anilines is 2. The van der Waals surface area contributed by atoms with Gasteiger partial charge in [-0.1, -0.05) is 43.2 Å². The van der Waals surface area contributed by atoms with Crippen LogP contribution in [0.5, 0.6) is 0 Å². The number of hydroxylamine groups is 2. The Kier molecular flexibility index (Phi) is 8.81. The van der Waals surface area contributed by atoms with Gasteiger partial charge in [0.15, 0.2) is 17.0 Å². The highest BCUT2D eigenvalue weighted by Gasteiger charge is 2.27. The highest BCUT2D eigenvalue weighted by Crippen LogP contribution is 2.34. The SMILES string of the molecule is N[C@H]1CC[C@H](Nc2nc(NC3CCN(OC(=O)NCCc4ccccc4)CC3)c3ncn(C4CCCC4)c3n2)CC1. The average molecular weight is 562 g/mol. The van der Waals surface area contributed by atoms with E-state index in [1.807, 2.05) is 24.5 Å². The van der Waals surface area contributed by atoms with Crippen LogP contribution < -0.4 is 21.7 Å². The predicted octanol–water partition coefficient (Wildman–Crippen LogP) is 4.38. The fraction of sp³-hybridized carbons (Fsp3) is 0.600. The van der Waals surface area contributed by atoms with Gasteiger partial charge in [-0.2, -0.15) is 9.97 Å². The molecule has 0 radical (unpaired) electrons. The van der Waals surface area contributed by atoms with E-state index in [-0.39, 0.29) is 6.04 Å². The topological polar surface area (TPSA) is 135 Å². The Labute approximate surface area is 241 Å². The van der Waals surface area contributed by atoms with Gasteiger partial charge in [-0.3, -0.25) is 0 Å². The number of piperidine rings is 1. The first-order valence-electron chi connectivity index (χ1n) is 15.4. The fourth-order valence-electron chi connectivity index (χ4n) is 6.37. The Hall–Kier alpha value is -3.44. The molecule has 6 rings (SSSR count). The van der Waals surface area contributed by atoms with Crippen LogP contribution in [0.1, 0.15) is 75.8 Å². The van der Waals surface area contributed by atoms with Crippen molar-refractivity contribution < 1.29 is 9.63 Å². The predicted molar refractivity (Wildman–Crippen MR) is 160 cm³/mol. The van der Waals surface area contributed by atoms with Gasteiger partial charge >= 0.3 is 6.09 Å². The van der Waals surface area contributed by atoms with Gasteiger partial charge < -0.3 is 31.1 Å². The van der Waals surface area contributed by atoms with Crippen LogP contribution in [0.3, 0.4) is 0 Å². The van der Waals surface area contributed by atoms with Crippen molar-refractivity contribution in [2.24, 2.45) is 5.73 Å². The Morgan fingerprint density at radius 1 is 0.927 bits per heavy atom. The van der Waals surface area contributed by atoms with E-state index < -0.39 is 6.09 Å². The maximum Gasteiger partial charge on any atom is 0.426 e. The molecule has 41 heavy (non-hydrogen) atoms. The van der Waals surface area contributed by atoms with E-state index in [4.69, 9.17) is 25.5 Å². The normalized spacial score (nSPS) is 22.6. The summed E-state index contributed by atoms with van der Waals surface area (Å²) in [5.41, 5.74) is 9.05. The minimum atomic E-state index is -0.401. The second-order valence-corrected chi connectivity index (χ2v) is 11.8. The summed E-state index contributed by atoms with van der Waals surface area (Å²) in [5.74, 6) is 1.44. The summed E-state index contributed by atoms with van der Waals surface area (Å²) >= 11 is 0. The second kappa shape index (κ2) is 13.0. The number of hydrogen-bond acceptors (Lipinski definition) is 9. The number of fused-ring (bicyclic) bond motifs is 1. The van der Waals surface area contributed by atoms with Crippen molar-refractivity contribution in [1.29, 1.82) is 0 Å². The fourth-order valence-corrected chi connectivity index (χ4v) is 6.37. The van der Waals surface area contributed by atoms with Gasteiger partial charge in [-0.05, 0) is 63.4 Å². The third-order valence-electron chi connectivity index (χ3n) is 8.78. The Bertz CT molecular complexity index is 1280. The van der Waals surface area contributed by atoms with Gasteiger partial charge in [0.1, 0.15) is 0 Å². The number of nitrogens with zero attached hydrogens (tertiary/aromatic N) is 5. The minimum absolute atomic E-state index is 0.200. The zero-order chi connectivity index (χ0) is 28.0. The molecule has 220 valence electrons. The highest BCUT2D eigenvalue weighted by atomic mass is 16.7. The molecule has 0 atom stereocenters. The molecular formula is C30H43N9O2. The monoisotopic (exact) mass is 561 g/mol. The van der Waals surface area contributed by atoms with Crippen LogP contribution in [0, 0.1) is 0 Å². The van der Waals surface area contributed by atoms with Crippen LogP contribution in [0.25, 0.3) is 11.2 Å². The molecule has 11 heteroatoms. The van der Waals surface area contributed by atoms with Gasteiger partial charge in [-0.25, -0.2) is 9.78 Å². The lowest BCUT2D eigenvalue weighted by Crippen LogP contribution is -2.42. The molecular weight excluding hydrogens is 518 g/mol. The summed E-state index contributed by atoms with van der Waals surface area (Å²) in [6, 6.07) is 11.4. The second-order valence-electron chi connectivity index (χ2n) is 11.8. The minimum Gasteiger partial charge on any atom is -0.365 e. The van der Waals surface area contributed by atoms with E-state index >= 15 is 0 Å². The Morgan fingerprint density at radius 3 is 2.41 bits per heavy atom. The maximum atomic E-state index is 12.3. The van der Waals surface area contributed by atoms with Crippen molar-refractivity contribution in [3.63, 3.8) is 0 Å². The van der Waals surface area contributed by atoms with Crippen LogP contribution in [-0.4, -0.2) is 68.4 Å². The number of aromatic nitrogens is 4. The van der Waals surface area contributed by atoms with Gasteiger partial charge in [0.25, 0.3) is 0 Å². The van der Waals surface area contributed by atoms with Crippen molar-refractivity contribution in [1.82, 2.24) is 29.9 Å². The largest absolute Gasteiger partial charge is 0.426 e. The van der Waals surface area contributed by atoms with Gasteiger partial charge in [0, 0.05) is 43.8 Å². The van der Waals surface area contributed by atoms with Crippen LogP contribution in [0.4, 0.5) is 16.6 Å². The number of benzene rings is 1. The molecule has 0 bridgehead atoms. The Morgan fingerprint density at radius 2 is 1.66 bits per heavy atom. The lowest BCUT2D eigenvalue weighted by atomic mass is 9.92. The molecule has 0 unspecified atom stereocenters. The van der Waals surface area contributed by atoms with Crippen molar-refractivity contribution >= 4 is 29.0 Å². The smallest absolute Gasteiger partial charge is 0.365 e. The molecule has 1 amide bonds. The molecule has 0 spiro atoms. The van der Waals surface area contributed by atoms with E-state index in [1.165, 1.54) is 31.2 Å². The number of carbonyl (C=O) groups excluding carboxylic acids is 1. The third-order valence-corrected chi connectivity index (χ3v) is 8.78. The molecule has 5 N–H and O–H groups in total. The van der Waals surface area contributed by atoms with E-state index in [9.17, 15) is 4.79 Å². The molecule has 1 aromatic carbocycles. The summed E-state index contributed by atoms with van der Waals surface area (Å²) in [6.07, 6.45) is 12.9.